The maximum Gasteiger partial charge on any atom is 0.336 e. The van der Waals surface area contributed by atoms with Crippen LogP contribution >= 0.6 is 0 Å². The van der Waals surface area contributed by atoms with Crippen molar-refractivity contribution in [2.75, 3.05) is 0 Å². The largest absolute Gasteiger partial charge is 0.481 e. The first-order valence-corrected chi connectivity index (χ1v) is 18.9. The Morgan fingerprint density at radius 3 is 0.831 bits per heavy atom. The van der Waals surface area contributed by atoms with Gasteiger partial charge in [-0.15, -0.1) is 0 Å². The van der Waals surface area contributed by atoms with E-state index in [0.29, 0.717) is 12.2 Å². The highest BCUT2D eigenvalue weighted by molar-refractivity contribution is 6.00. The van der Waals surface area contributed by atoms with Crippen LogP contribution in [0.2, 0.25) is 0 Å². The Hall–Kier alpha value is -10.9. The van der Waals surface area contributed by atoms with Crippen molar-refractivity contribution < 1.29 is 188 Å². The molecule has 0 aliphatic rings. The lowest BCUT2D eigenvalue weighted by atomic mass is 9.96. The molecule has 0 bridgehead atoms. The van der Waals surface area contributed by atoms with Crippen molar-refractivity contribution in [2.24, 2.45) is 11.8 Å². The Morgan fingerprint density at radius 1 is 0.390 bits per heavy atom. The van der Waals surface area contributed by atoms with E-state index in [1.54, 1.807) is 0 Å². The Balaban J connectivity index is -0.000000270. The molecule has 1 rings (SSSR count). The monoisotopic (exact) mass is 1120 g/mol. The fourth-order valence-electron chi connectivity index (χ4n) is 4.08. The van der Waals surface area contributed by atoms with E-state index >= 15 is 0 Å². The Kier molecular flexibility index (Phi) is 36.0. The number of aliphatic hydroxyl groups is 2. The Morgan fingerprint density at radius 2 is 0.675 bits per heavy atom. The number of hydrogen-bond donors (Lipinski definition) is 20. The van der Waals surface area contributed by atoms with E-state index in [0.717, 1.165) is 18.2 Å². The summed E-state index contributed by atoms with van der Waals surface area (Å²) in [5, 5.41) is 167. The van der Waals surface area contributed by atoms with Gasteiger partial charge < -0.3 is 102 Å². The van der Waals surface area contributed by atoms with Crippen molar-refractivity contribution in [3.05, 3.63) is 58.2 Å². The Labute approximate surface area is 422 Å². The molecule has 38 nitrogen and oxygen atoms in total. The predicted molar refractivity (Wildman–Crippen MR) is 228 cm³/mol. The van der Waals surface area contributed by atoms with Crippen LogP contribution in [-0.4, -0.2) is 221 Å². The SMILES string of the molecule is O=C(O)/C=C(/CC(=O)O)C(=O)O.O=C(O)/C=C(\CC(=O)O)C(=O)O.O=C(O)CC(C(=O)O)C(O)C(=O)O.O=C(O)CC(CC(=O)O)C(=O)O.O=C(O)CC(O)(CC(=O)O)C(=O)O.O=C(O)c1cc(C(=O)O)cc(C(=O)O)c1. The van der Waals surface area contributed by atoms with Gasteiger partial charge in [-0.2, -0.15) is 0 Å². The van der Waals surface area contributed by atoms with Crippen LogP contribution in [0.3, 0.4) is 0 Å². The van der Waals surface area contributed by atoms with E-state index < -0.39 is 187 Å². The number of carboxylic acid groups (broad SMARTS) is 18. The van der Waals surface area contributed by atoms with Crippen molar-refractivity contribution in [3.63, 3.8) is 0 Å². The number of aliphatic carboxylic acids is 15. The zero-order valence-electron chi connectivity index (χ0n) is 37.9. The van der Waals surface area contributed by atoms with Gasteiger partial charge in [-0.1, -0.05) is 0 Å². The third-order valence-electron chi connectivity index (χ3n) is 7.32. The van der Waals surface area contributed by atoms with Crippen LogP contribution in [0.4, 0.5) is 0 Å². The molecular formula is C39H42O38. The standard InChI is InChI=1S/C9H6O6.2C6H8O7.C6H8O6.2C6H6O6/c10-7(11)4-1-5(8(12)13)3-6(2-4)9(14)15;7-3(8)1-6(13,5(11)12)2-4(9)10;7-3(8)1-2(5(10)11)4(9)6(12)13;3*7-4(8)1-3(6(11)12)2-5(9)10/h1-3H,(H,10,11)(H,12,13)(H,14,15);13H,1-2H2,(H,7,8)(H,9,10)(H,11,12);2,4,9H,1H2,(H,7,8)(H,10,11)(H,12,13);3H,1-2H2,(H,7,8)(H,9,10)(H,11,12);2*1H,2H2,(H,7,8)(H,9,10)(H,11,12)/b;;;;3-1+;3-1-. The second kappa shape index (κ2) is 36.9. The van der Waals surface area contributed by atoms with Crippen LogP contribution in [0.5, 0.6) is 0 Å². The molecular weight excluding hydrogens is 1080 g/mol. The van der Waals surface area contributed by atoms with Gasteiger partial charge in [0.25, 0.3) is 0 Å². The number of carbonyl (C=O) groups is 18. The van der Waals surface area contributed by atoms with E-state index in [1.807, 2.05) is 0 Å². The zero-order valence-corrected chi connectivity index (χ0v) is 37.9. The summed E-state index contributed by atoms with van der Waals surface area (Å²) in [6.45, 7) is 0. The van der Waals surface area contributed by atoms with E-state index in [2.05, 4.69) is 0 Å². The summed E-state index contributed by atoms with van der Waals surface area (Å²) >= 11 is 0. The lowest BCUT2D eigenvalue weighted by molar-refractivity contribution is -0.170. The summed E-state index contributed by atoms with van der Waals surface area (Å²) in [7, 11) is 0. The van der Waals surface area contributed by atoms with Gasteiger partial charge in [0.2, 0.25) is 0 Å². The second-order valence-electron chi connectivity index (χ2n) is 13.5. The fourth-order valence-corrected chi connectivity index (χ4v) is 4.08. The molecule has 0 saturated heterocycles. The van der Waals surface area contributed by atoms with Crippen LogP contribution < -0.4 is 0 Å². The lowest BCUT2D eigenvalue weighted by Crippen LogP contribution is -2.42. The zero-order chi connectivity index (χ0) is 62.0. The quantitative estimate of drug-likeness (QED) is 0.0408. The molecule has 0 heterocycles. The number of hydrogen-bond acceptors (Lipinski definition) is 20. The average Bonchev–Trinajstić information content (AvgIpc) is 3.23. The van der Waals surface area contributed by atoms with Gasteiger partial charge in [0.05, 0.1) is 78.7 Å². The number of benzene rings is 1. The number of aliphatic hydroxyl groups excluding tert-OH is 1. The molecule has 1 aromatic rings. The van der Waals surface area contributed by atoms with E-state index in [1.165, 1.54) is 0 Å². The predicted octanol–water partition coefficient (Wildman–Crippen LogP) is -3.11. The molecule has 0 aromatic heterocycles. The first kappa shape index (κ1) is 75.0. The van der Waals surface area contributed by atoms with Gasteiger partial charge in [-0.25, -0.2) is 43.2 Å². The summed E-state index contributed by atoms with van der Waals surface area (Å²) in [4.78, 5) is 183. The van der Waals surface area contributed by atoms with Crippen LogP contribution in [0, 0.1) is 11.8 Å². The second-order valence-corrected chi connectivity index (χ2v) is 13.5. The third-order valence-corrected chi connectivity index (χ3v) is 7.32. The maximum atomic E-state index is 10.6. The number of rotatable bonds is 26. The summed E-state index contributed by atoms with van der Waals surface area (Å²) in [5.41, 5.74) is -5.16. The first-order chi connectivity index (χ1) is 34.8. The molecule has 38 heteroatoms. The van der Waals surface area contributed by atoms with Gasteiger partial charge in [0.1, 0.15) is 5.92 Å². The number of aromatic carboxylic acids is 3. The molecule has 0 amide bonds. The molecule has 0 aliphatic carbocycles. The third kappa shape index (κ3) is 39.4. The van der Waals surface area contributed by atoms with Crippen molar-refractivity contribution in [1.29, 1.82) is 0 Å². The molecule has 0 saturated carbocycles. The van der Waals surface area contributed by atoms with Crippen molar-refractivity contribution in [2.45, 2.75) is 56.7 Å². The van der Waals surface area contributed by atoms with Gasteiger partial charge in [-0.3, -0.25) is 43.2 Å². The topological polar surface area (TPSA) is 712 Å². The Bertz CT molecular complexity index is 2340. The normalized spacial score (nSPS) is 11.1. The van der Waals surface area contributed by atoms with Gasteiger partial charge in [-0.05, 0) is 18.2 Å². The van der Waals surface area contributed by atoms with E-state index in [9.17, 15) is 86.3 Å². The molecule has 77 heavy (non-hydrogen) atoms. The van der Waals surface area contributed by atoms with Gasteiger partial charge >= 0.3 is 107 Å². The average molecular weight is 1120 g/mol. The molecule has 426 valence electrons. The number of carboxylic acids is 18. The van der Waals surface area contributed by atoms with Crippen molar-refractivity contribution >= 4 is 107 Å². The minimum atomic E-state index is -2.74. The summed E-state index contributed by atoms with van der Waals surface area (Å²) < 4.78 is 0. The molecule has 0 aliphatic heterocycles. The minimum absolute atomic E-state index is 0.358. The summed E-state index contributed by atoms with van der Waals surface area (Å²) in [6.07, 6.45) is -7.64. The fraction of sp³-hybridized carbons (Fsp3) is 0.282. The maximum absolute atomic E-state index is 10.6. The van der Waals surface area contributed by atoms with Gasteiger partial charge in [0, 0.05) is 12.2 Å². The van der Waals surface area contributed by atoms with Crippen LogP contribution in [0.1, 0.15) is 76.0 Å². The van der Waals surface area contributed by atoms with Crippen LogP contribution in [0.15, 0.2) is 41.5 Å². The summed E-state index contributed by atoms with van der Waals surface area (Å²) in [5.74, 6) is -30.0. The molecule has 0 spiro atoms. The van der Waals surface area contributed by atoms with Crippen molar-refractivity contribution in [3.8, 4) is 0 Å². The molecule has 0 radical (unpaired) electrons. The highest BCUT2D eigenvalue weighted by atomic mass is 16.4. The van der Waals surface area contributed by atoms with Crippen LogP contribution in [0.25, 0.3) is 0 Å². The molecule has 2 unspecified atom stereocenters. The van der Waals surface area contributed by atoms with Crippen LogP contribution in [-0.2, 0) is 71.9 Å². The molecule has 1 aromatic carbocycles. The van der Waals surface area contributed by atoms with E-state index in [-0.39, 0.29) is 16.7 Å². The smallest absolute Gasteiger partial charge is 0.336 e. The first-order valence-electron chi connectivity index (χ1n) is 18.9. The van der Waals surface area contributed by atoms with Gasteiger partial charge in [0.15, 0.2) is 11.7 Å². The highest BCUT2D eigenvalue weighted by Gasteiger charge is 2.41. The molecule has 0 fully saturated rings. The highest BCUT2D eigenvalue weighted by Crippen LogP contribution is 2.16. The van der Waals surface area contributed by atoms with E-state index in [4.69, 9.17) is 102 Å². The summed E-state index contributed by atoms with van der Waals surface area (Å²) in [6, 6.07) is 2.70. The molecule has 2 atom stereocenters. The molecule has 20 N–H and O–H groups in total. The van der Waals surface area contributed by atoms with Crippen molar-refractivity contribution in [1.82, 2.24) is 0 Å². The minimum Gasteiger partial charge on any atom is -0.481 e. The lowest BCUT2D eigenvalue weighted by Gasteiger charge is -2.18.